The van der Waals surface area contributed by atoms with Crippen LogP contribution in [0.1, 0.15) is 19.8 Å². The Kier molecular flexibility index (Phi) is 5.60. The highest BCUT2D eigenvalue weighted by Gasteiger charge is 2.22. The smallest absolute Gasteiger partial charge is 0.404 e. The van der Waals surface area contributed by atoms with E-state index in [0.29, 0.717) is 34.4 Å². The average molecular weight is 413 g/mol. The third-order valence-corrected chi connectivity index (χ3v) is 4.64. The highest BCUT2D eigenvalue weighted by Crippen LogP contribution is 2.32. The summed E-state index contributed by atoms with van der Waals surface area (Å²) in [6, 6.07) is 8.58. The van der Waals surface area contributed by atoms with E-state index in [-0.39, 0.29) is 18.5 Å². The number of nitrogens with zero attached hydrogens (tertiary/aromatic N) is 2. The molecule has 9 nitrogen and oxygen atoms in total. The van der Waals surface area contributed by atoms with Gasteiger partial charge in [-0.15, -0.1) is 0 Å². The fourth-order valence-electron chi connectivity index (χ4n) is 2.87. The zero-order chi connectivity index (χ0) is 21.1. The lowest BCUT2D eigenvalue weighted by molar-refractivity contribution is 0.182. The number of amides is 1. The zero-order valence-electron chi connectivity index (χ0n) is 16.8. The van der Waals surface area contributed by atoms with Gasteiger partial charge in [0.1, 0.15) is 23.6 Å². The second-order valence-electron chi connectivity index (χ2n) is 7.27. The van der Waals surface area contributed by atoms with Crippen LogP contribution in [0.3, 0.4) is 0 Å². The van der Waals surface area contributed by atoms with Gasteiger partial charge in [-0.05, 0) is 49.9 Å². The predicted octanol–water partition coefficient (Wildman–Crippen LogP) is 3.72. The number of benzene rings is 1. The zero-order valence-corrected chi connectivity index (χ0v) is 16.8. The van der Waals surface area contributed by atoms with E-state index < -0.39 is 6.09 Å². The number of methoxy groups -OCH3 is 1. The fourth-order valence-corrected chi connectivity index (χ4v) is 2.87. The molecule has 3 aromatic rings. The molecule has 0 spiro atoms. The Morgan fingerprint density at radius 3 is 2.83 bits per heavy atom. The van der Waals surface area contributed by atoms with Gasteiger partial charge in [0.15, 0.2) is 11.3 Å². The normalized spacial score (nSPS) is 14.3. The van der Waals surface area contributed by atoms with Crippen LogP contribution in [0, 0.1) is 5.92 Å². The van der Waals surface area contributed by atoms with Crippen molar-refractivity contribution in [1.82, 2.24) is 15.3 Å². The predicted molar refractivity (Wildman–Crippen MR) is 108 cm³/mol. The third-order valence-electron chi connectivity index (χ3n) is 4.64. The summed E-state index contributed by atoms with van der Waals surface area (Å²) in [4.78, 5) is 19.6. The maximum atomic E-state index is 10.7. The van der Waals surface area contributed by atoms with Gasteiger partial charge in [0.2, 0.25) is 5.89 Å². The first-order valence-corrected chi connectivity index (χ1v) is 9.73. The second-order valence-corrected chi connectivity index (χ2v) is 7.27. The first-order valence-electron chi connectivity index (χ1n) is 9.73. The molecule has 1 aromatic carbocycles. The van der Waals surface area contributed by atoms with Gasteiger partial charge in [-0.1, -0.05) is 0 Å². The number of fused-ring (bicyclic) bond motifs is 1. The van der Waals surface area contributed by atoms with Gasteiger partial charge >= 0.3 is 6.09 Å². The number of pyridine rings is 1. The lowest BCUT2D eigenvalue weighted by Crippen LogP contribution is -2.35. The number of ether oxygens (including phenoxy) is 3. The summed E-state index contributed by atoms with van der Waals surface area (Å²) < 4.78 is 22.6. The summed E-state index contributed by atoms with van der Waals surface area (Å²) >= 11 is 0. The van der Waals surface area contributed by atoms with Gasteiger partial charge in [0.25, 0.3) is 5.88 Å². The van der Waals surface area contributed by atoms with E-state index >= 15 is 0 Å². The van der Waals surface area contributed by atoms with Gasteiger partial charge < -0.3 is 29.1 Å². The molecule has 1 aliphatic rings. The highest BCUT2D eigenvalue weighted by atomic mass is 16.5. The molecule has 1 amide bonds. The van der Waals surface area contributed by atoms with E-state index in [9.17, 15) is 4.79 Å². The van der Waals surface area contributed by atoms with Crippen molar-refractivity contribution in [1.29, 1.82) is 0 Å². The number of aromatic nitrogens is 2. The van der Waals surface area contributed by atoms with Crippen molar-refractivity contribution in [2.45, 2.75) is 25.8 Å². The van der Waals surface area contributed by atoms with Crippen molar-refractivity contribution >= 4 is 17.2 Å². The van der Waals surface area contributed by atoms with E-state index in [2.05, 4.69) is 15.3 Å². The molecule has 2 heterocycles. The molecule has 2 aromatic heterocycles. The summed E-state index contributed by atoms with van der Waals surface area (Å²) in [6.07, 6.45) is 1.36. The number of oxazole rings is 1. The van der Waals surface area contributed by atoms with Crippen molar-refractivity contribution in [3.05, 3.63) is 30.3 Å². The van der Waals surface area contributed by atoms with Crippen LogP contribution in [0.25, 0.3) is 22.7 Å². The Hall–Kier alpha value is -3.49. The summed E-state index contributed by atoms with van der Waals surface area (Å²) in [5, 5.41) is 11.1. The molecule has 9 heteroatoms. The van der Waals surface area contributed by atoms with Crippen LogP contribution in [-0.4, -0.2) is 47.5 Å². The molecule has 30 heavy (non-hydrogen) atoms. The topological polar surface area (TPSA) is 116 Å². The SMILES string of the molecule is COc1nc(-c2nc3ccc(OCC4CC4)cc3o2)ccc1OC[C@H](C)NC(=O)O. The molecule has 1 fully saturated rings. The lowest BCUT2D eigenvalue weighted by atomic mass is 10.3. The van der Waals surface area contributed by atoms with Gasteiger partial charge in [0.05, 0.1) is 19.8 Å². The number of carboxylic acid groups (broad SMARTS) is 1. The van der Waals surface area contributed by atoms with Gasteiger partial charge in [-0.2, -0.15) is 0 Å². The molecular weight excluding hydrogens is 390 g/mol. The molecule has 0 radical (unpaired) electrons. The summed E-state index contributed by atoms with van der Waals surface area (Å²) in [6.45, 7) is 2.56. The first kappa shape index (κ1) is 19.8. The molecule has 0 unspecified atom stereocenters. The van der Waals surface area contributed by atoms with Crippen LogP contribution in [0.4, 0.5) is 4.79 Å². The van der Waals surface area contributed by atoms with Gasteiger partial charge in [-0.3, -0.25) is 0 Å². The average Bonchev–Trinajstić information content (AvgIpc) is 3.46. The van der Waals surface area contributed by atoms with Crippen LogP contribution in [0.15, 0.2) is 34.7 Å². The van der Waals surface area contributed by atoms with Crippen molar-refractivity contribution in [3.8, 4) is 29.0 Å². The molecule has 2 N–H and O–H groups in total. The van der Waals surface area contributed by atoms with E-state index in [1.54, 1.807) is 19.1 Å². The number of carbonyl (C=O) groups is 1. The van der Waals surface area contributed by atoms with Crippen LogP contribution >= 0.6 is 0 Å². The minimum Gasteiger partial charge on any atom is -0.493 e. The standard InChI is InChI=1S/C21H23N3O6/c1-12(22-21(25)26)10-29-17-8-7-16(24-20(17)27-2)19-23-15-6-5-14(9-18(15)30-19)28-11-13-3-4-13/h5-9,12-13,22H,3-4,10-11H2,1-2H3,(H,25,26)/t12-/m0/s1. The third kappa shape index (κ3) is 4.73. The highest BCUT2D eigenvalue weighted by molar-refractivity contribution is 5.77. The van der Waals surface area contributed by atoms with Crippen molar-refractivity contribution < 1.29 is 28.5 Å². The number of nitrogens with one attached hydrogen (secondary N) is 1. The fraction of sp³-hybridized carbons (Fsp3) is 0.381. The molecule has 158 valence electrons. The van der Waals surface area contributed by atoms with E-state index in [1.807, 2.05) is 18.2 Å². The van der Waals surface area contributed by atoms with Crippen LogP contribution in [-0.2, 0) is 0 Å². The molecule has 0 aliphatic heterocycles. The largest absolute Gasteiger partial charge is 0.493 e. The van der Waals surface area contributed by atoms with E-state index in [1.165, 1.54) is 20.0 Å². The molecule has 1 aliphatic carbocycles. The number of hydrogen-bond acceptors (Lipinski definition) is 7. The van der Waals surface area contributed by atoms with E-state index in [4.69, 9.17) is 23.7 Å². The van der Waals surface area contributed by atoms with Crippen LogP contribution in [0.2, 0.25) is 0 Å². The molecule has 0 saturated heterocycles. The Morgan fingerprint density at radius 2 is 2.10 bits per heavy atom. The van der Waals surface area contributed by atoms with Crippen LogP contribution < -0.4 is 19.5 Å². The summed E-state index contributed by atoms with van der Waals surface area (Å²) in [5.41, 5.74) is 1.82. The Bertz CT molecular complexity index is 1050. The molecule has 0 bridgehead atoms. The molecule has 1 saturated carbocycles. The first-order chi connectivity index (χ1) is 14.5. The Balaban J connectivity index is 1.49. The Morgan fingerprint density at radius 1 is 1.27 bits per heavy atom. The molecular formula is C21H23N3O6. The maximum absolute atomic E-state index is 10.7. The van der Waals surface area contributed by atoms with Crippen LogP contribution in [0.5, 0.6) is 17.4 Å². The minimum atomic E-state index is -1.11. The van der Waals surface area contributed by atoms with Crippen molar-refractivity contribution in [3.63, 3.8) is 0 Å². The quantitative estimate of drug-likeness (QED) is 0.545. The van der Waals surface area contributed by atoms with Crippen molar-refractivity contribution in [2.24, 2.45) is 5.92 Å². The lowest BCUT2D eigenvalue weighted by Gasteiger charge is -2.14. The second kappa shape index (κ2) is 8.48. The maximum Gasteiger partial charge on any atom is 0.404 e. The van der Waals surface area contributed by atoms with Gasteiger partial charge in [0, 0.05) is 6.07 Å². The summed E-state index contributed by atoms with van der Waals surface area (Å²) in [7, 11) is 1.48. The van der Waals surface area contributed by atoms with Gasteiger partial charge in [-0.25, -0.2) is 14.8 Å². The Labute approximate surface area is 173 Å². The molecule has 1 atom stereocenters. The molecule has 4 rings (SSSR count). The minimum absolute atomic E-state index is 0.135. The summed E-state index contributed by atoms with van der Waals surface area (Å²) in [5.74, 6) is 2.44. The van der Waals surface area contributed by atoms with Crippen molar-refractivity contribution in [2.75, 3.05) is 20.3 Å². The number of rotatable bonds is 9. The monoisotopic (exact) mass is 413 g/mol. The number of hydrogen-bond donors (Lipinski definition) is 2. The van der Waals surface area contributed by atoms with E-state index in [0.717, 1.165) is 12.4 Å².